The van der Waals surface area contributed by atoms with Crippen LogP contribution in [0.15, 0.2) is 24.3 Å². The Morgan fingerprint density at radius 2 is 2.09 bits per heavy atom. The molecule has 0 atom stereocenters. The highest BCUT2D eigenvalue weighted by atomic mass is 28.2. The lowest BCUT2D eigenvalue weighted by molar-refractivity contribution is 0.100. The molecule has 11 heavy (non-hydrogen) atoms. The first kappa shape index (κ1) is 8.01. The Balaban J connectivity index is 3.12. The van der Waals surface area contributed by atoms with Gasteiger partial charge in [0.05, 0.1) is 9.52 Å². The average molecular weight is 165 g/mol. The van der Waals surface area contributed by atoms with Crippen molar-refractivity contribution >= 4 is 20.6 Å². The van der Waals surface area contributed by atoms with E-state index in [1.165, 1.54) is 0 Å². The molecule has 2 N–H and O–H groups in total. The van der Waals surface area contributed by atoms with Gasteiger partial charge in [-0.25, -0.2) is 0 Å². The predicted molar refractivity (Wildman–Crippen MR) is 49.0 cm³/mol. The lowest BCUT2D eigenvalue weighted by Crippen LogP contribution is -2.24. The summed E-state index contributed by atoms with van der Waals surface area (Å²) in [4.78, 5) is 10.8. The number of benzene rings is 1. The quantitative estimate of drug-likeness (QED) is 0.597. The Morgan fingerprint density at radius 3 is 2.55 bits per heavy atom. The van der Waals surface area contributed by atoms with Crippen LogP contribution in [-0.2, 0) is 0 Å². The third-order valence-electron chi connectivity index (χ3n) is 1.66. The second kappa shape index (κ2) is 3.34. The largest absolute Gasteiger partial charge is 0.366 e. The predicted octanol–water partition coefficient (Wildman–Crippen LogP) is -0.372. The molecule has 58 valence electrons. The molecule has 0 saturated carbocycles. The lowest BCUT2D eigenvalue weighted by Gasteiger charge is -2.01. The summed E-state index contributed by atoms with van der Waals surface area (Å²) in [6.45, 7) is 2.14. The number of rotatable bonds is 2. The molecule has 0 aliphatic carbocycles. The monoisotopic (exact) mass is 165 g/mol. The van der Waals surface area contributed by atoms with Gasteiger partial charge in [0.15, 0.2) is 0 Å². The smallest absolute Gasteiger partial charge is 0.248 e. The summed E-state index contributed by atoms with van der Waals surface area (Å²) in [6.07, 6.45) is 0. The zero-order valence-electron chi connectivity index (χ0n) is 6.50. The number of carbonyl (C=O) groups is 1. The van der Waals surface area contributed by atoms with Crippen molar-refractivity contribution in [2.45, 2.75) is 6.55 Å². The molecule has 0 aliphatic rings. The topological polar surface area (TPSA) is 43.1 Å². The van der Waals surface area contributed by atoms with E-state index < -0.39 is 0 Å². The van der Waals surface area contributed by atoms with Gasteiger partial charge in [-0.05, 0) is 6.07 Å². The van der Waals surface area contributed by atoms with Crippen molar-refractivity contribution < 1.29 is 4.79 Å². The Bertz CT molecular complexity index is 273. The molecule has 1 aromatic rings. The molecule has 0 radical (unpaired) electrons. The van der Waals surface area contributed by atoms with Gasteiger partial charge in [-0.1, -0.05) is 29.9 Å². The van der Waals surface area contributed by atoms with Gasteiger partial charge in [-0.3, -0.25) is 4.79 Å². The second-order valence-electron chi connectivity index (χ2n) is 2.37. The van der Waals surface area contributed by atoms with Crippen LogP contribution in [-0.4, -0.2) is 15.4 Å². The number of hydrogen-bond acceptors (Lipinski definition) is 1. The molecule has 0 aromatic heterocycles. The maximum absolute atomic E-state index is 10.8. The maximum atomic E-state index is 10.8. The van der Waals surface area contributed by atoms with Crippen LogP contribution in [0.25, 0.3) is 0 Å². The fourth-order valence-electron chi connectivity index (χ4n) is 1.07. The summed E-state index contributed by atoms with van der Waals surface area (Å²) in [6, 6.07) is 7.55. The number of nitrogens with two attached hydrogens (primary N) is 1. The molecule has 0 bridgehead atoms. The van der Waals surface area contributed by atoms with Gasteiger partial charge in [0.25, 0.3) is 0 Å². The Kier molecular flexibility index (Phi) is 2.43. The second-order valence-corrected chi connectivity index (χ2v) is 3.84. The molecule has 1 amide bonds. The Labute approximate surface area is 68.2 Å². The first-order chi connectivity index (χ1) is 5.25. The highest BCUT2D eigenvalue weighted by molar-refractivity contribution is 6.54. The first-order valence-electron chi connectivity index (χ1n) is 3.63. The van der Waals surface area contributed by atoms with E-state index in [-0.39, 0.29) is 15.4 Å². The highest BCUT2D eigenvalue weighted by Crippen LogP contribution is 1.93. The van der Waals surface area contributed by atoms with Crippen LogP contribution in [0.4, 0.5) is 0 Å². The van der Waals surface area contributed by atoms with Gasteiger partial charge >= 0.3 is 0 Å². The van der Waals surface area contributed by atoms with Crippen molar-refractivity contribution in [1.29, 1.82) is 0 Å². The third kappa shape index (κ3) is 1.68. The summed E-state index contributed by atoms with van der Waals surface area (Å²) in [5, 5.41) is 1.15. The van der Waals surface area contributed by atoms with Gasteiger partial charge < -0.3 is 5.73 Å². The van der Waals surface area contributed by atoms with Crippen LogP contribution >= 0.6 is 0 Å². The van der Waals surface area contributed by atoms with E-state index in [0.717, 1.165) is 5.19 Å². The minimum absolute atomic E-state index is 0.281. The molecule has 2 nitrogen and oxygen atoms in total. The van der Waals surface area contributed by atoms with Crippen LogP contribution in [0.5, 0.6) is 0 Å². The standard InChI is InChI=1S/C8H11NOSi/c1-11-7-5-3-2-4-6(7)8(9)10/h2-5H,11H2,1H3,(H2,9,10). The summed E-state index contributed by atoms with van der Waals surface area (Å²) < 4.78 is 0. The van der Waals surface area contributed by atoms with Crippen molar-refractivity contribution in [2.75, 3.05) is 0 Å². The van der Waals surface area contributed by atoms with Gasteiger partial charge in [-0.15, -0.1) is 0 Å². The Hall–Kier alpha value is -1.09. The molecule has 0 spiro atoms. The fraction of sp³-hybridized carbons (Fsp3) is 0.125. The number of hydrogen-bond donors (Lipinski definition) is 1. The van der Waals surface area contributed by atoms with Crippen molar-refractivity contribution in [3.05, 3.63) is 29.8 Å². The molecule has 0 saturated heterocycles. The van der Waals surface area contributed by atoms with Gasteiger partial charge in [0.1, 0.15) is 0 Å². The Morgan fingerprint density at radius 1 is 1.45 bits per heavy atom. The number of carbonyl (C=O) groups excluding carboxylic acids is 1. The van der Waals surface area contributed by atoms with Gasteiger partial charge in [0, 0.05) is 5.56 Å². The van der Waals surface area contributed by atoms with Crippen LogP contribution in [0.2, 0.25) is 6.55 Å². The summed E-state index contributed by atoms with van der Waals surface area (Å²) in [7, 11) is -0.281. The van der Waals surface area contributed by atoms with E-state index in [9.17, 15) is 4.79 Å². The lowest BCUT2D eigenvalue weighted by atomic mass is 10.2. The summed E-state index contributed by atoms with van der Waals surface area (Å²) in [5.74, 6) is -0.310. The zero-order chi connectivity index (χ0) is 8.27. The van der Waals surface area contributed by atoms with E-state index in [2.05, 4.69) is 6.55 Å². The van der Waals surface area contributed by atoms with Crippen LogP contribution in [0, 0.1) is 0 Å². The molecule has 0 unspecified atom stereocenters. The number of primary amides is 1. The first-order valence-corrected chi connectivity index (χ1v) is 5.75. The minimum atomic E-state index is -0.310. The van der Waals surface area contributed by atoms with E-state index in [4.69, 9.17) is 5.73 Å². The van der Waals surface area contributed by atoms with E-state index in [0.29, 0.717) is 5.56 Å². The molecule has 1 rings (SSSR count). The molecule has 1 aromatic carbocycles. The highest BCUT2D eigenvalue weighted by Gasteiger charge is 2.03. The summed E-state index contributed by atoms with van der Waals surface area (Å²) in [5.41, 5.74) is 5.87. The van der Waals surface area contributed by atoms with Crippen LogP contribution in [0.3, 0.4) is 0 Å². The average Bonchev–Trinajstić information content (AvgIpc) is 2.04. The van der Waals surface area contributed by atoms with E-state index >= 15 is 0 Å². The van der Waals surface area contributed by atoms with Crippen molar-refractivity contribution in [1.82, 2.24) is 0 Å². The van der Waals surface area contributed by atoms with E-state index in [1.807, 2.05) is 18.2 Å². The zero-order valence-corrected chi connectivity index (χ0v) is 7.92. The number of amides is 1. The van der Waals surface area contributed by atoms with Crippen molar-refractivity contribution in [2.24, 2.45) is 5.73 Å². The normalized spacial score (nSPS) is 10.6. The minimum Gasteiger partial charge on any atom is -0.366 e. The molecule has 0 fully saturated rings. The van der Waals surface area contributed by atoms with Crippen molar-refractivity contribution in [3.8, 4) is 0 Å². The van der Waals surface area contributed by atoms with Gasteiger partial charge in [-0.2, -0.15) is 0 Å². The van der Waals surface area contributed by atoms with Crippen LogP contribution < -0.4 is 10.9 Å². The SMILES string of the molecule is C[SiH2]c1ccccc1C(N)=O. The molecule has 3 heteroatoms. The third-order valence-corrected chi connectivity index (χ3v) is 3.04. The molecular weight excluding hydrogens is 154 g/mol. The molecule has 0 heterocycles. The van der Waals surface area contributed by atoms with Crippen molar-refractivity contribution in [3.63, 3.8) is 0 Å². The van der Waals surface area contributed by atoms with E-state index in [1.54, 1.807) is 6.07 Å². The molecular formula is C8H11NOSi. The van der Waals surface area contributed by atoms with Gasteiger partial charge in [0.2, 0.25) is 5.91 Å². The maximum Gasteiger partial charge on any atom is 0.248 e. The summed E-state index contributed by atoms with van der Waals surface area (Å²) >= 11 is 0. The fourth-order valence-corrected chi connectivity index (χ4v) is 2.11. The van der Waals surface area contributed by atoms with Crippen LogP contribution in [0.1, 0.15) is 10.4 Å². The molecule has 0 aliphatic heterocycles.